The van der Waals surface area contributed by atoms with Crippen LogP contribution in [0.1, 0.15) is 34.9 Å². The van der Waals surface area contributed by atoms with Crippen molar-refractivity contribution >= 4 is 5.91 Å². The number of pyridine rings is 1. The topological polar surface area (TPSA) is 68.2 Å². The highest BCUT2D eigenvalue weighted by atomic mass is 16.5. The van der Waals surface area contributed by atoms with Crippen LogP contribution in [0.15, 0.2) is 61.1 Å². The number of hydrogen-bond acceptors (Lipinski definition) is 5. The van der Waals surface area contributed by atoms with E-state index in [9.17, 15) is 4.79 Å². The molecule has 1 atom stereocenters. The van der Waals surface area contributed by atoms with Gasteiger partial charge in [0.2, 0.25) is 0 Å². The third-order valence-corrected chi connectivity index (χ3v) is 5.05. The molecule has 4 rings (SSSR count). The van der Waals surface area contributed by atoms with E-state index in [0.717, 1.165) is 42.1 Å². The second kappa shape index (κ2) is 8.17. The maximum Gasteiger partial charge on any atom is 0.274 e. The Balaban J connectivity index is 1.55. The molecule has 1 aromatic carbocycles. The third-order valence-electron chi connectivity index (χ3n) is 5.05. The zero-order valence-corrected chi connectivity index (χ0v) is 15.8. The Morgan fingerprint density at radius 2 is 2.07 bits per heavy atom. The number of amides is 1. The molecular formula is C22H22N4O2. The number of ether oxygens (including phenoxy) is 1. The molecule has 1 aliphatic rings. The van der Waals surface area contributed by atoms with Gasteiger partial charge in [-0.2, -0.15) is 0 Å². The molecule has 1 aliphatic heterocycles. The predicted molar refractivity (Wildman–Crippen MR) is 106 cm³/mol. The van der Waals surface area contributed by atoms with Crippen LogP contribution in [0.4, 0.5) is 0 Å². The van der Waals surface area contributed by atoms with Gasteiger partial charge in [0.1, 0.15) is 11.4 Å². The average molecular weight is 374 g/mol. The second-order valence-electron chi connectivity index (χ2n) is 6.86. The lowest BCUT2D eigenvalue weighted by Crippen LogP contribution is -2.39. The maximum absolute atomic E-state index is 12.7. The van der Waals surface area contributed by atoms with Gasteiger partial charge in [-0.15, -0.1) is 0 Å². The number of aromatic nitrogens is 3. The number of piperidine rings is 1. The van der Waals surface area contributed by atoms with Gasteiger partial charge in [-0.1, -0.05) is 18.2 Å². The van der Waals surface area contributed by atoms with Crippen LogP contribution < -0.4 is 4.74 Å². The summed E-state index contributed by atoms with van der Waals surface area (Å²) in [5, 5.41) is 0. The van der Waals surface area contributed by atoms with Gasteiger partial charge < -0.3 is 9.64 Å². The fraction of sp³-hybridized carbons (Fsp3) is 0.273. The molecule has 1 saturated heterocycles. The SMILES string of the molecule is COc1cccc(-c2cccc([C@H]3CCCN(C(=O)c4cnccn4)C3)n2)c1. The number of carbonyl (C=O) groups excluding carboxylic acids is 1. The second-order valence-corrected chi connectivity index (χ2v) is 6.86. The molecule has 0 N–H and O–H groups in total. The highest BCUT2D eigenvalue weighted by molar-refractivity contribution is 5.92. The minimum atomic E-state index is -0.0678. The summed E-state index contributed by atoms with van der Waals surface area (Å²) in [7, 11) is 1.66. The van der Waals surface area contributed by atoms with Crippen LogP contribution in [0.3, 0.4) is 0 Å². The van der Waals surface area contributed by atoms with Crippen molar-refractivity contribution in [1.29, 1.82) is 0 Å². The first-order valence-electron chi connectivity index (χ1n) is 9.41. The van der Waals surface area contributed by atoms with Gasteiger partial charge in [0.05, 0.1) is 19.0 Å². The number of benzene rings is 1. The zero-order chi connectivity index (χ0) is 19.3. The summed E-state index contributed by atoms with van der Waals surface area (Å²) < 4.78 is 5.32. The summed E-state index contributed by atoms with van der Waals surface area (Å²) in [6, 6.07) is 14.0. The van der Waals surface area contributed by atoms with Gasteiger partial charge >= 0.3 is 0 Å². The van der Waals surface area contributed by atoms with Crippen LogP contribution in [0.25, 0.3) is 11.3 Å². The molecule has 6 heteroatoms. The van der Waals surface area contributed by atoms with Crippen molar-refractivity contribution < 1.29 is 9.53 Å². The first-order chi connectivity index (χ1) is 13.7. The maximum atomic E-state index is 12.7. The Kier molecular flexibility index (Phi) is 5.28. The standard InChI is InChI=1S/C22H22N4O2/c1-28-18-7-2-5-16(13-18)19-8-3-9-20(25-19)17-6-4-12-26(15-17)22(27)21-14-23-10-11-24-21/h2-3,5,7-11,13-14,17H,4,6,12,15H2,1H3/t17-/m0/s1. The number of likely N-dealkylation sites (tertiary alicyclic amines) is 1. The molecular weight excluding hydrogens is 352 g/mol. The lowest BCUT2D eigenvalue weighted by Gasteiger charge is -2.32. The molecule has 6 nitrogen and oxygen atoms in total. The van der Waals surface area contributed by atoms with Crippen molar-refractivity contribution in [1.82, 2.24) is 19.9 Å². The Morgan fingerprint density at radius 3 is 2.89 bits per heavy atom. The average Bonchev–Trinajstić information content (AvgIpc) is 2.79. The van der Waals surface area contributed by atoms with Crippen molar-refractivity contribution in [2.75, 3.05) is 20.2 Å². The van der Waals surface area contributed by atoms with E-state index in [1.165, 1.54) is 6.20 Å². The Bertz CT molecular complexity index is 962. The molecule has 0 saturated carbocycles. The summed E-state index contributed by atoms with van der Waals surface area (Å²) in [6.45, 7) is 1.38. The smallest absolute Gasteiger partial charge is 0.274 e. The van der Waals surface area contributed by atoms with Crippen LogP contribution in [-0.2, 0) is 0 Å². The van der Waals surface area contributed by atoms with E-state index in [-0.39, 0.29) is 11.8 Å². The molecule has 0 spiro atoms. The zero-order valence-electron chi connectivity index (χ0n) is 15.8. The minimum Gasteiger partial charge on any atom is -0.497 e. The molecule has 1 amide bonds. The van der Waals surface area contributed by atoms with Crippen molar-refractivity contribution in [2.45, 2.75) is 18.8 Å². The molecule has 142 valence electrons. The number of methoxy groups -OCH3 is 1. The Morgan fingerprint density at radius 1 is 1.18 bits per heavy atom. The van der Waals surface area contributed by atoms with E-state index in [0.29, 0.717) is 12.2 Å². The third kappa shape index (κ3) is 3.86. The molecule has 0 radical (unpaired) electrons. The van der Waals surface area contributed by atoms with E-state index in [4.69, 9.17) is 9.72 Å². The normalized spacial score (nSPS) is 16.6. The fourth-order valence-electron chi connectivity index (χ4n) is 3.60. The van der Waals surface area contributed by atoms with E-state index >= 15 is 0 Å². The highest BCUT2D eigenvalue weighted by Crippen LogP contribution is 2.29. The van der Waals surface area contributed by atoms with Gasteiger partial charge in [-0.3, -0.25) is 14.8 Å². The van der Waals surface area contributed by atoms with Gasteiger partial charge in [-0.05, 0) is 37.1 Å². The fourth-order valence-corrected chi connectivity index (χ4v) is 3.60. The first-order valence-corrected chi connectivity index (χ1v) is 9.41. The van der Waals surface area contributed by atoms with Crippen molar-refractivity contribution in [3.8, 4) is 17.0 Å². The lowest BCUT2D eigenvalue weighted by atomic mass is 9.93. The summed E-state index contributed by atoms with van der Waals surface area (Å²) in [6.07, 6.45) is 6.60. The Labute approximate surface area is 164 Å². The largest absolute Gasteiger partial charge is 0.497 e. The van der Waals surface area contributed by atoms with Gasteiger partial charge in [0, 0.05) is 42.7 Å². The molecule has 2 aromatic heterocycles. The van der Waals surface area contributed by atoms with Crippen molar-refractivity contribution in [2.24, 2.45) is 0 Å². The Hall–Kier alpha value is -3.28. The summed E-state index contributed by atoms with van der Waals surface area (Å²) >= 11 is 0. The molecule has 3 aromatic rings. The number of rotatable bonds is 4. The number of nitrogens with zero attached hydrogens (tertiary/aromatic N) is 4. The van der Waals surface area contributed by atoms with Gasteiger partial charge in [-0.25, -0.2) is 4.98 Å². The van der Waals surface area contributed by atoms with E-state index in [2.05, 4.69) is 9.97 Å². The number of carbonyl (C=O) groups is 1. The summed E-state index contributed by atoms with van der Waals surface area (Å²) in [5.41, 5.74) is 3.33. The highest BCUT2D eigenvalue weighted by Gasteiger charge is 2.27. The molecule has 3 heterocycles. The van der Waals surface area contributed by atoms with Crippen LogP contribution in [0.2, 0.25) is 0 Å². The minimum absolute atomic E-state index is 0.0678. The van der Waals surface area contributed by atoms with E-state index in [1.54, 1.807) is 19.5 Å². The monoisotopic (exact) mass is 374 g/mol. The van der Waals surface area contributed by atoms with Crippen LogP contribution in [0, 0.1) is 0 Å². The lowest BCUT2D eigenvalue weighted by molar-refractivity contribution is 0.0699. The summed E-state index contributed by atoms with van der Waals surface area (Å²) in [5.74, 6) is 0.949. The first kappa shape index (κ1) is 18.1. The molecule has 28 heavy (non-hydrogen) atoms. The van der Waals surface area contributed by atoms with Crippen molar-refractivity contribution in [3.05, 3.63) is 72.4 Å². The predicted octanol–water partition coefficient (Wildman–Crippen LogP) is 3.57. The molecule has 0 aliphatic carbocycles. The van der Waals surface area contributed by atoms with E-state index < -0.39 is 0 Å². The van der Waals surface area contributed by atoms with Crippen molar-refractivity contribution in [3.63, 3.8) is 0 Å². The van der Waals surface area contributed by atoms with Crippen LogP contribution >= 0.6 is 0 Å². The van der Waals surface area contributed by atoms with Gasteiger partial charge in [0.25, 0.3) is 5.91 Å². The quantitative estimate of drug-likeness (QED) is 0.698. The van der Waals surface area contributed by atoms with Crippen LogP contribution in [-0.4, -0.2) is 46.0 Å². The number of hydrogen-bond donors (Lipinski definition) is 0. The van der Waals surface area contributed by atoms with Gasteiger partial charge in [0.15, 0.2) is 0 Å². The molecule has 0 unspecified atom stereocenters. The summed E-state index contributed by atoms with van der Waals surface area (Å²) in [4.78, 5) is 27.6. The van der Waals surface area contributed by atoms with Crippen LogP contribution in [0.5, 0.6) is 5.75 Å². The molecule has 1 fully saturated rings. The molecule has 0 bridgehead atoms. The van der Waals surface area contributed by atoms with E-state index in [1.807, 2.05) is 47.4 Å².